The average Bonchev–Trinajstić information content (AvgIpc) is 3.00. The highest BCUT2D eigenvalue weighted by atomic mass is 16.2. The molecule has 1 saturated heterocycles. The third-order valence-corrected chi connectivity index (χ3v) is 3.57. The summed E-state index contributed by atoms with van der Waals surface area (Å²) in [5.41, 5.74) is 2.44. The Labute approximate surface area is 134 Å². The van der Waals surface area contributed by atoms with Crippen molar-refractivity contribution in [1.82, 2.24) is 10.6 Å². The molecular formula is C17H18N4O2. The van der Waals surface area contributed by atoms with E-state index in [1.54, 1.807) is 17.0 Å². The van der Waals surface area contributed by atoms with Crippen LogP contribution in [-0.2, 0) is 6.54 Å². The summed E-state index contributed by atoms with van der Waals surface area (Å²) in [6.45, 7) is 1.72. The summed E-state index contributed by atoms with van der Waals surface area (Å²) in [6, 6.07) is 16.5. The van der Waals surface area contributed by atoms with Gasteiger partial charge in [-0.3, -0.25) is 4.90 Å². The second-order valence-corrected chi connectivity index (χ2v) is 5.23. The first-order valence-corrected chi connectivity index (χ1v) is 7.46. The molecule has 2 aromatic rings. The van der Waals surface area contributed by atoms with Gasteiger partial charge in [-0.1, -0.05) is 36.4 Å². The number of rotatable bonds is 4. The lowest BCUT2D eigenvalue weighted by atomic mass is 10.2. The summed E-state index contributed by atoms with van der Waals surface area (Å²) in [5, 5.41) is 8.34. The van der Waals surface area contributed by atoms with Crippen LogP contribution in [0.15, 0.2) is 54.6 Å². The van der Waals surface area contributed by atoms with E-state index in [2.05, 4.69) is 16.0 Å². The van der Waals surface area contributed by atoms with Gasteiger partial charge in [-0.25, -0.2) is 9.59 Å². The lowest BCUT2D eigenvalue weighted by Crippen LogP contribution is -2.29. The highest BCUT2D eigenvalue weighted by Gasteiger charge is 2.21. The zero-order valence-corrected chi connectivity index (χ0v) is 12.6. The van der Waals surface area contributed by atoms with Crippen molar-refractivity contribution in [2.45, 2.75) is 6.54 Å². The van der Waals surface area contributed by atoms with Crippen LogP contribution in [0, 0.1) is 0 Å². The molecular weight excluding hydrogens is 292 g/mol. The zero-order valence-electron chi connectivity index (χ0n) is 12.6. The number of nitrogens with zero attached hydrogens (tertiary/aromatic N) is 1. The molecule has 4 amide bonds. The van der Waals surface area contributed by atoms with E-state index in [4.69, 9.17) is 0 Å². The molecule has 23 heavy (non-hydrogen) atoms. The Kier molecular flexibility index (Phi) is 4.42. The van der Waals surface area contributed by atoms with E-state index in [1.807, 2.05) is 42.5 Å². The van der Waals surface area contributed by atoms with Gasteiger partial charge in [-0.2, -0.15) is 0 Å². The molecule has 0 aromatic heterocycles. The van der Waals surface area contributed by atoms with Crippen molar-refractivity contribution in [2.75, 3.05) is 23.3 Å². The van der Waals surface area contributed by atoms with Crippen LogP contribution in [0.2, 0.25) is 0 Å². The maximum atomic E-state index is 12.0. The Morgan fingerprint density at radius 2 is 1.96 bits per heavy atom. The van der Waals surface area contributed by atoms with Crippen molar-refractivity contribution < 1.29 is 9.59 Å². The number of anilines is 2. The number of nitrogens with one attached hydrogen (secondary N) is 3. The van der Waals surface area contributed by atoms with Crippen molar-refractivity contribution in [3.63, 3.8) is 0 Å². The quantitative estimate of drug-likeness (QED) is 0.812. The van der Waals surface area contributed by atoms with E-state index in [-0.39, 0.29) is 12.1 Å². The fraction of sp³-hybridized carbons (Fsp3) is 0.176. The Morgan fingerprint density at radius 1 is 1.13 bits per heavy atom. The first kappa shape index (κ1) is 14.9. The zero-order chi connectivity index (χ0) is 16.1. The van der Waals surface area contributed by atoms with Crippen molar-refractivity contribution in [1.29, 1.82) is 0 Å². The first-order valence-electron chi connectivity index (χ1n) is 7.46. The number of hydrogen-bond donors (Lipinski definition) is 3. The highest BCUT2D eigenvalue weighted by Crippen LogP contribution is 2.20. The second kappa shape index (κ2) is 6.83. The molecule has 1 aliphatic heterocycles. The third-order valence-electron chi connectivity index (χ3n) is 3.57. The van der Waals surface area contributed by atoms with Gasteiger partial charge in [0.15, 0.2) is 0 Å². The van der Waals surface area contributed by atoms with E-state index >= 15 is 0 Å². The Morgan fingerprint density at radius 3 is 2.70 bits per heavy atom. The van der Waals surface area contributed by atoms with Gasteiger partial charge in [0.2, 0.25) is 0 Å². The number of hydrogen-bond acceptors (Lipinski definition) is 2. The molecule has 1 aliphatic rings. The molecule has 1 heterocycles. The largest absolute Gasteiger partial charge is 0.336 e. The minimum atomic E-state index is -0.281. The van der Waals surface area contributed by atoms with Gasteiger partial charge in [-0.15, -0.1) is 0 Å². The van der Waals surface area contributed by atoms with Gasteiger partial charge in [0.1, 0.15) is 0 Å². The number of carbonyl (C=O) groups excluding carboxylic acids is 2. The van der Waals surface area contributed by atoms with Crippen molar-refractivity contribution in [3.8, 4) is 0 Å². The maximum absolute atomic E-state index is 12.0. The van der Waals surface area contributed by atoms with Crippen LogP contribution < -0.4 is 20.9 Å². The molecule has 0 saturated carbocycles. The fourth-order valence-electron chi connectivity index (χ4n) is 2.42. The molecule has 0 spiro atoms. The SMILES string of the molecule is O=C(NCc1ccccc1)Nc1cccc(N2CCNC2=O)c1. The summed E-state index contributed by atoms with van der Waals surface area (Å²) in [6.07, 6.45) is 0. The minimum Gasteiger partial charge on any atom is -0.336 e. The monoisotopic (exact) mass is 310 g/mol. The van der Waals surface area contributed by atoms with E-state index < -0.39 is 0 Å². The number of carbonyl (C=O) groups is 2. The van der Waals surface area contributed by atoms with Crippen molar-refractivity contribution >= 4 is 23.4 Å². The van der Waals surface area contributed by atoms with Crippen LogP contribution in [0.3, 0.4) is 0 Å². The lowest BCUT2D eigenvalue weighted by Gasteiger charge is -2.15. The lowest BCUT2D eigenvalue weighted by molar-refractivity contribution is 0.251. The molecule has 0 atom stereocenters. The Hall–Kier alpha value is -3.02. The topological polar surface area (TPSA) is 73.5 Å². The van der Waals surface area contributed by atoms with Crippen LogP contribution in [0.25, 0.3) is 0 Å². The standard InChI is InChI=1S/C17H18N4O2/c22-16(19-12-13-5-2-1-3-6-13)20-14-7-4-8-15(11-14)21-10-9-18-17(21)23/h1-8,11H,9-10,12H2,(H,18,23)(H2,19,20,22). The minimum absolute atomic E-state index is 0.115. The predicted octanol–water partition coefficient (Wildman–Crippen LogP) is 2.54. The number of benzene rings is 2. The van der Waals surface area contributed by atoms with Crippen LogP contribution in [-0.4, -0.2) is 25.2 Å². The van der Waals surface area contributed by atoms with Gasteiger partial charge in [0, 0.05) is 31.0 Å². The van der Waals surface area contributed by atoms with Gasteiger partial charge in [-0.05, 0) is 23.8 Å². The van der Waals surface area contributed by atoms with Gasteiger partial charge in [0.25, 0.3) is 0 Å². The van der Waals surface area contributed by atoms with E-state index in [0.717, 1.165) is 11.3 Å². The molecule has 118 valence electrons. The Bertz CT molecular complexity index is 703. The van der Waals surface area contributed by atoms with Crippen molar-refractivity contribution in [2.24, 2.45) is 0 Å². The normalized spacial score (nSPS) is 13.6. The molecule has 3 N–H and O–H groups in total. The Balaban J connectivity index is 1.59. The molecule has 0 unspecified atom stereocenters. The van der Waals surface area contributed by atoms with E-state index in [9.17, 15) is 9.59 Å². The summed E-state index contributed by atoms with van der Waals surface area (Å²) < 4.78 is 0. The molecule has 0 radical (unpaired) electrons. The second-order valence-electron chi connectivity index (χ2n) is 5.23. The first-order chi connectivity index (χ1) is 11.2. The summed E-state index contributed by atoms with van der Waals surface area (Å²) in [5.74, 6) is 0. The van der Waals surface area contributed by atoms with Crippen LogP contribution in [0.4, 0.5) is 21.0 Å². The van der Waals surface area contributed by atoms with Crippen molar-refractivity contribution in [3.05, 3.63) is 60.2 Å². The molecule has 2 aromatic carbocycles. The van der Waals surface area contributed by atoms with Gasteiger partial charge < -0.3 is 16.0 Å². The molecule has 6 heteroatoms. The summed E-state index contributed by atoms with van der Waals surface area (Å²) in [4.78, 5) is 25.3. The van der Waals surface area contributed by atoms with Gasteiger partial charge >= 0.3 is 12.1 Å². The average molecular weight is 310 g/mol. The van der Waals surface area contributed by atoms with Crippen LogP contribution in [0.5, 0.6) is 0 Å². The maximum Gasteiger partial charge on any atom is 0.321 e. The predicted molar refractivity (Wildman–Crippen MR) is 89.5 cm³/mol. The summed E-state index contributed by atoms with van der Waals surface area (Å²) in [7, 11) is 0. The summed E-state index contributed by atoms with van der Waals surface area (Å²) >= 11 is 0. The molecule has 3 rings (SSSR count). The molecule has 0 aliphatic carbocycles. The third kappa shape index (κ3) is 3.79. The molecule has 1 fully saturated rings. The van der Waals surface area contributed by atoms with Crippen LogP contribution >= 0.6 is 0 Å². The molecule has 6 nitrogen and oxygen atoms in total. The number of urea groups is 2. The highest BCUT2D eigenvalue weighted by molar-refractivity contribution is 5.95. The fourth-order valence-corrected chi connectivity index (χ4v) is 2.42. The molecule has 0 bridgehead atoms. The van der Waals surface area contributed by atoms with Gasteiger partial charge in [0.05, 0.1) is 0 Å². The smallest absolute Gasteiger partial charge is 0.321 e. The van der Waals surface area contributed by atoms with Crippen LogP contribution in [0.1, 0.15) is 5.56 Å². The van der Waals surface area contributed by atoms with E-state index in [0.29, 0.717) is 25.3 Å². The van der Waals surface area contributed by atoms with E-state index in [1.165, 1.54) is 0 Å². The number of amides is 4.